The maximum Gasteiger partial charge on any atom is 0.0635 e. The van der Waals surface area contributed by atoms with Crippen LogP contribution in [-0.4, -0.2) is 9.13 Å². The van der Waals surface area contributed by atoms with Gasteiger partial charge in [-0.25, -0.2) is 0 Å². The number of aromatic nitrogens is 2. The standard InChI is InChI=1S/C40H26N2/c1-2-11-30(12-3-1)42-39-17-9-8-16-34(39)35-22-23-38-36(40(35)42)24-25-41(38)29-20-18-27(19-21-29)37-26-28-10-4-5-13-31(28)32-14-6-7-15-33(32)37/h1-26H. The van der Waals surface area contributed by atoms with Gasteiger partial charge in [-0.2, -0.15) is 0 Å². The second-order valence-corrected chi connectivity index (χ2v) is 11.0. The van der Waals surface area contributed by atoms with Crippen molar-refractivity contribution in [1.29, 1.82) is 0 Å². The number of benzene rings is 7. The molecule has 9 aromatic rings. The van der Waals surface area contributed by atoms with Gasteiger partial charge in [0.1, 0.15) is 0 Å². The van der Waals surface area contributed by atoms with Crippen molar-refractivity contribution in [2.75, 3.05) is 0 Å². The molecule has 0 atom stereocenters. The molecule has 0 fully saturated rings. The van der Waals surface area contributed by atoms with E-state index in [9.17, 15) is 0 Å². The Labute approximate surface area is 243 Å². The molecule has 196 valence electrons. The summed E-state index contributed by atoms with van der Waals surface area (Å²) >= 11 is 0. The second-order valence-electron chi connectivity index (χ2n) is 11.0. The van der Waals surface area contributed by atoms with Crippen LogP contribution >= 0.6 is 0 Å². The average Bonchev–Trinajstić information content (AvgIpc) is 3.64. The van der Waals surface area contributed by atoms with Crippen molar-refractivity contribution in [3.8, 4) is 22.5 Å². The molecular weight excluding hydrogens is 508 g/mol. The molecule has 2 aromatic heterocycles. The molecule has 0 spiro atoms. The van der Waals surface area contributed by atoms with Gasteiger partial charge in [-0.05, 0) is 81.2 Å². The first-order valence-electron chi connectivity index (χ1n) is 14.5. The highest BCUT2D eigenvalue weighted by molar-refractivity contribution is 6.18. The van der Waals surface area contributed by atoms with E-state index < -0.39 is 0 Å². The summed E-state index contributed by atoms with van der Waals surface area (Å²) in [4.78, 5) is 0. The zero-order valence-corrected chi connectivity index (χ0v) is 22.9. The van der Waals surface area contributed by atoms with E-state index in [1.54, 1.807) is 0 Å². The predicted molar refractivity (Wildman–Crippen MR) is 178 cm³/mol. The van der Waals surface area contributed by atoms with Gasteiger partial charge >= 0.3 is 0 Å². The van der Waals surface area contributed by atoms with E-state index in [0.29, 0.717) is 0 Å². The normalized spacial score (nSPS) is 11.8. The number of rotatable bonds is 3. The first-order chi connectivity index (χ1) is 20.8. The summed E-state index contributed by atoms with van der Waals surface area (Å²) in [5.74, 6) is 0. The fourth-order valence-corrected chi connectivity index (χ4v) is 6.84. The Morgan fingerprint density at radius 2 is 1.07 bits per heavy atom. The zero-order valence-electron chi connectivity index (χ0n) is 22.9. The number of nitrogens with zero attached hydrogens (tertiary/aromatic N) is 2. The lowest BCUT2D eigenvalue weighted by atomic mass is 9.93. The van der Waals surface area contributed by atoms with Crippen LogP contribution in [-0.2, 0) is 0 Å². The van der Waals surface area contributed by atoms with Crippen LogP contribution in [0.1, 0.15) is 0 Å². The number of para-hydroxylation sites is 2. The van der Waals surface area contributed by atoms with Crippen molar-refractivity contribution in [3.05, 3.63) is 158 Å². The lowest BCUT2D eigenvalue weighted by molar-refractivity contribution is 1.13. The van der Waals surface area contributed by atoms with Crippen LogP contribution in [0, 0.1) is 0 Å². The van der Waals surface area contributed by atoms with Gasteiger partial charge in [0.25, 0.3) is 0 Å². The van der Waals surface area contributed by atoms with E-state index in [-0.39, 0.29) is 0 Å². The van der Waals surface area contributed by atoms with Crippen LogP contribution in [0.5, 0.6) is 0 Å². The summed E-state index contributed by atoms with van der Waals surface area (Å²) in [6.45, 7) is 0. The average molecular weight is 535 g/mol. The summed E-state index contributed by atoms with van der Waals surface area (Å²) in [7, 11) is 0. The summed E-state index contributed by atoms with van der Waals surface area (Å²) < 4.78 is 4.72. The molecule has 2 nitrogen and oxygen atoms in total. The highest BCUT2D eigenvalue weighted by Gasteiger charge is 2.17. The third kappa shape index (κ3) is 3.33. The minimum absolute atomic E-state index is 1.15. The van der Waals surface area contributed by atoms with Crippen LogP contribution in [0.15, 0.2) is 158 Å². The monoisotopic (exact) mass is 534 g/mol. The molecule has 0 aliphatic heterocycles. The van der Waals surface area contributed by atoms with Crippen LogP contribution in [0.3, 0.4) is 0 Å². The van der Waals surface area contributed by atoms with Gasteiger partial charge in [-0.1, -0.05) is 103 Å². The largest absolute Gasteiger partial charge is 0.316 e. The Kier molecular flexibility index (Phi) is 4.93. The van der Waals surface area contributed by atoms with Crippen molar-refractivity contribution in [2.45, 2.75) is 0 Å². The summed E-state index contributed by atoms with van der Waals surface area (Å²) in [6, 6.07) is 55.0. The predicted octanol–water partition coefficient (Wildman–Crippen LogP) is 10.7. The van der Waals surface area contributed by atoms with Crippen molar-refractivity contribution in [2.24, 2.45) is 0 Å². The summed E-state index contributed by atoms with van der Waals surface area (Å²) in [5, 5.41) is 8.94. The molecule has 0 saturated heterocycles. The van der Waals surface area contributed by atoms with Gasteiger partial charge in [-0.3, -0.25) is 0 Å². The van der Waals surface area contributed by atoms with Crippen LogP contribution in [0.2, 0.25) is 0 Å². The Morgan fingerprint density at radius 1 is 0.381 bits per heavy atom. The second kappa shape index (κ2) is 8.95. The van der Waals surface area contributed by atoms with Crippen LogP contribution in [0.25, 0.3) is 76.8 Å². The molecule has 0 N–H and O–H groups in total. The highest BCUT2D eigenvalue weighted by Crippen LogP contribution is 2.38. The highest BCUT2D eigenvalue weighted by atomic mass is 15.0. The van der Waals surface area contributed by atoms with Crippen LogP contribution in [0.4, 0.5) is 0 Å². The lowest BCUT2D eigenvalue weighted by Crippen LogP contribution is -1.95. The van der Waals surface area contributed by atoms with Crippen molar-refractivity contribution in [3.63, 3.8) is 0 Å². The molecule has 0 amide bonds. The molecule has 0 unspecified atom stereocenters. The Bertz CT molecular complexity index is 2440. The van der Waals surface area contributed by atoms with E-state index in [2.05, 4.69) is 167 Å². The van der Waals surface area contributed by atoms with Crippen molar-refractivity contribution in [1.82, 2.24) is 9.13 Å². The SMILES string of the molecule is c1ccc(-n2c3ccccc3c3ccc4c(ccn4-c4ccc(-c5cc6ccccc6c6ccccc56)cc4)c32)cc1. The zero-order chi connectivity index (χ0) is 27.6. The van der Waals surface area contributed by atoms with Gasteiger partial charge in [0.2, 0.25) is 0 Å². The van der Waals surface area contributed by atoms with Crippen molar-refractivity contribution < 1.29 is 0 Å². The molecule has 0 saturated carbocycles. The quantitative estimate of drug-likeness (QED) is 0.200. The number of hydrogen-bond acceptors (Lipinski definition) is 0. The van der Waals surface area contributed by atoms with E-state index in [1.165, 1.54) is 71.1 Å². The first-order valence-corrected chi connectivity index (χ1v) is 14.5. The molecule has 0 radical (unpaired) electrons. The fourth-order valence-electron chi connectivity index (χ4n) is 6.84. The van der Waals surface area contributed by atoms with E-state index in [4.69, 9.17) is 0 Å². The van der Waals surface area contributed by atoms with Gasteiger partial charge in [0, 0.05) is 33.7 Å². The van der Waals surface area contributed by atoms with Gasteiger partial charge in [-0.15, -0.1) is 0 Å². The van der Waals surface area contributed by atoms with Gasteiger partial charge < -0.3 is 9.13 Å². The van der Waals surface area contributed by atoms with Crippen molar-refractivity contribution >= 4 is 54.3 Å². The maximum atomic E-state index is 2.41. The van der Waals surface area contributed by atoms with E-state index in [0.717, 1.165) is 5.69 Å². The molecule has 2 heterocycles. The number of hydrogen-bond donors (Lipinski definition) is 0. The third-order valence-electron chi connectivity index (χ3n) is 8.74. The summed E-state index contributed by atoms with van der Waals surface area (Å²) in [6.07, 6.45) is 2.21. The van der Waals surface area contributed by atoms with E-state index >= 15 is 0 Å². The topological polar surface area (TPSA) is 9.86 Å². The van der Waals surface area contributed by atoms with E-state index in [1.807, 2.05) is 0 Å². The molecule has 9 rings (SSSR count). The minimum atomic E-state index is 1.15. The molecule has 0 aliphatic rings. The lowest BCUT2D eigenvalue weighted by Gasteiger charge is -2.12. The third-order valence-corrected chi connectivity index (χ3v) is 8.74. The molecule has 0 bridgehead atoms. The fraction of sp³-hybridized carbons (Fsp3) is 0. The molecule has 0 aliphatic carbocycles. The Hall–Kier alpha value is -5.60. The Morgan fingerprint density at radius 3 is 1.90 bits per heavy atom. The molecule has 7 aromatic carbocycles. The van der Waals surface area contributed by atoms with Gasteiger partial charge in [0.05, 0.1) is 16.6 Å². The minimum Gasteiger partial charge on any atom is -0.316 e. The molecule has 42 heavy (non-hydrogen) atoms. The molecular formula is C40H26N2. The smallest absolute Gasteiger partial charge is 0.0635 e. The number of fused-ring (bicyclic) bond motifs is 8. The molecule has 2 heteroatoms. The summed E-state index contributed by atoms with van der Waals surface area (Å²) in [5.41, 5.74) is 8.50. The van der Waals surface area contributed by atoms with Gasteiger partial charge in [0.15, 0.2) is 0 Å². The maximum absolute atomic E-state index is 2.41. The van der Waals surface area contributed by atoms with Crippen LogP contribution < -0.4 is 0 Å². The Balaban J connectivity index is 1.22. The first kappa shape index (κ1) is 23.1.